The number of methoxy groups -OCH3 is 1. The lowest BCUT2D eigenvalue weighted by atomic mass is 10.2. The largest absolute Gasteiger partial charge is 0.491 e. The Morgan fingerprint density at radius 3 is 2.52 bits per heavy atom. The molecule has 0 aliphatic carbocycles. The first-order chi connectivity index (χ1) is 12.2. The van der Waals surface area contributed by atoms with Crippen molar-refractivity contribution in [3.8, 4) is 5.75 Å². The number of benzene rings is 2. The van der Waals surface area contributed by atoms with Gasteiger partial charge in [-0.2, -0.15) is 0 Å². The van der Waals surface area contributed by atoms with Gasteiger partial charge < -0.3 is 20.1 Å². The Kier molecular flexibility index (Phi) is 5.25. The topological polar surface area (TPSA) is 68.3 Å². The lowest BCUT2D eigenvalue weighted by molar-refractivity contribution is 0.146. The summed E-state index contributed by atoms with van der Waals surface area (Å²) in [6.07, 6.45) is 1.39. The van der Waals surface area contributed by atoms with E-state index in [4.69, 9.17) is 9.47 Å². The van der Waals surface area contributed by atoms with E-state index in [1.54, 1.807) is 13.2 Å². The maximum atomic E-state index is 14.6. The van der Waals surface area contributed by atoms with Crippen molar-refractivity contribution in [2.24, 2.45) is 0 Å². The SMILES string of the molecule is CNc1ccc(Nc2ncnc3cc(OCCOC)cc(F)c23)cc1. The molecule has 0 aliphatic heterocycles. The first-order valence-electron chi connectivity index (χ1n) is 7.82. The quantitative estimate of drug-likeness (QED) is 0.640. The van der Waals surface area contributed by atoms with Crippen molar-refractivity contribution in [2.75, 3.05) is 38.0 Å². The summed E-state index contributed by atoms with van der Waals surface area (Å²) in [7, 11) is 3.43. The number of aromatic nitrogens is 2. The predicted octanol–water partition coefficient (Wildman–Crippen LogP) is 3.58. The molecule has 0 amide bonds. The van der Waals surface area contributed by atoms with E-state index >= 15 is 0 Å². The van der Waals surface area contributed by atoms with E-state index in [0.717, 1.165) is 11.4 Å². The van der Waals surface area contributed by atoms with E-state index < -0.39 is 5.82 Å². The second-order valence-corrected chi connectivity index (χ2v) is 5.32. The third-order valence-electron chi connectivity index (χ3n) is 3.66. The number of nitrogens with one attached hydrogen (secondary N) is 2. The molecule has 1 heterocycles. The second-order valence-electron chi connectivity index (χ2n) is 5.32. The number of nitrogens with zero attached hydrogens (tertiary/aromatic N) is 2. The van der Waals surface area contributed by atoms with Gasteiger partial charge in [0.25, 0.3) is 0 Å². The fourth-order valence-corrected chi connectivity index (χ4v) is 2.40. The van der Waals surface area contributed by atoms with Crippen LogP contribution in [0.2, 0.25) is 0 Å². The van der Waals surface area contributed by atoms with E-state index in [1.165, 1.54) is 12.4 Å². The van der Waals surface area contributed by atoms with Crippen LogP contribution >= 0.6 is 0 Å². The number of hydrogen-bond donors (Lipinski definition) is 2. The summed E-state index contributed by atoms with van der Waals surface area (Å²) in [6, 6.07) is 10.6. The summed E-state index contributed by atoms with van der Waals surface area (Å²) in [6.45, 7) is 0.772. The molecule has 0 unspecified atom stereocenters. The highest BCUT2D eigenvalue weighted by atomic mass is 19.1. The number of halogens is 1. The smallest absolute Gasteiger partial charge is 0.144 e. The molecule has 0 spiro atoms. The van der Waals surface area contributed by atoms with Gasteiger partial charge in [-0.05, 0) is 24.3 Å². The molecule has 0 fully saturated rings. The molecule has 0 saturated heterocycles. The zero-order valence-corrected chi connectivity index (χ0v) is 14.0. The maximum absolute atomic E-state index is 14.6. The standard InChI is InChI=1S/C18H19FN4O2/c1-20-12-3-5-13(6-4-12)23-18-17-15(19)9-14(25-8-7-24-2)10-16(17)21-11-22-18/h3-6,9-11,20H,7-8H2,1-2H3,(H,21,22,23). The minimum atomic E-state index is -0.445. The fraction of sp³-hybridized carbons (Fsp3) is 0.222. The van der Waals surface area contributed by atoms with Gasteiger partial charge >= 0.3 is 0 Å². The summed E-state index contributed by atoms with van der Waals surface area (Å²) in [5, 5.41) is 6.50. The van der Waals surface area contributed by atoms with E-state index in [2.05, 4.69) is 20.6 Å². The fourth-order valence-electron chi connectivity index (χ4n) is 2.40. The molecule has 6 nitrogen and oxygen atoms in total. The molecule has 1 aromatic heterocycles. The molecular formula is C18H19FN4O2. The molecule has 7 heteroatoms. The summed E-state index contributed by atoms with van der Waals surface area (Å²) in [5.74, 6) is 0.369. The molecule has 130 valence electrons. The lowest BCUT2D eigenvalue weighted by Gasteiger charge is -2.11. The van der Waals surface area contributed by atoms with Crippen molar-refractivity contribution in [1.82, 2.24) is 9.97 Å². The van der Waals surface area contributed by atoms with Crippen molar-refractivity contribution in [2.45, 2.75) is 0 Å². The summed E-state index contributed by atoms with van der Waals surface area (Å²) in [5.41, 5.74) is 2.26. The predicted molar refractivity (Wildman–Crippen MR) is 96.1 cm³/mol. The van der Waals surface area contributed by atoms with Crippen LogP contribution in [0.3, 0.4) is 0 Å². The van der Waals surface area contributed by atoms with Crippen LogP contribution in [0.1, 0.15) is 0 Å². The van der Waals surface area contributed by atoms with Crippen LogP contribution < -0.4 is 15.4 Å². The number of fused-ring (bicyclic) bond motifs is 1. The first kappa shape index (κ1) is 16.9. The van der Waals surface area contributed by atoms with Gasteiger partial charge in [0, 0.05) is 37.7 Å². The normalized spacial score (nSPS) is 10.7. The molecule has 25 heavy (non-hydrogen) atoms. The van der Waals surface area contributed by atoms with Crippen molar-refractivity contribution in [3.63, 3.8) is 0 Å². The molecule has 3 aromatic rings. The van der Waals surface area contributed by atoms with Crippen molar-refractivity contribution in [3.05, 3.63) is 48.5 Å². The Bertz CT molecular complexity index is 856. The third kappa shape index (κ3) is 3.95. The first-order valence-corrected chi connectivity index (χ1v) is 7.82. The highest BCUT2D eigenvalue weighted by Gasteiger charge is 2.12. The van der Waals surface area contributed by atoms with Crippen LogP contribution in [0.4, 0.5) is 21.6 Å². The van der Waals surface area contributed by atoms with Crippen LogP contribution in [0.5, 0.6) is 5.75 Å². The lowest BCUT2D eigenvalue weighted by Crippen LogP contribution is -2.05. The number of ether oxygens (including phenoxy) is 2. The van der Waals surface area contributed by atoms with Gasteiger partial charge in [-0.1, -0.05) is 0 Å². The Morgan fingerprint density at radius 2 is 1.80 bits per heavy atom. The Balaban J connectivity index is 1.90. The van der Waals surface area contributed by atoms with Gasteiger partial charge in [0.2, 0.25) is 0 Å². The summed E-state index contributed by atoms with van der Waals surface area (Å²) in [4.78, 5) is 8.32. The van der Waals surface area contributed by atoms with Crippen molar-refractivity contribution in [1.29, 1.82) is 0 Å². The van der Waals surface area contributed by atoms with Gasteiger partial charge in [0.1, 0.15) is 30.3 Å². The molecular weight excluding hydrogens is 323 g/mol. The molecule has 0 aliphatic rings. The zero-order chi connectivity index (χ0) is 17.6. The Labute approximate surface area is 145 Å². The molecule has 3 rings (SSSR count). The average Bonchev–Trinajstić information content (AvgIpc) is 2.62. The van der Waals surface area contributed by atoms with Crippen LogP contribution in [0.15, 0.2) is 42.7 Å². The van der Waals surface area contributed by atoms with Gasteiger partial charge in [-0.15, -0.1) is 0 Å². The summed E-state index contributed by atoms with van der Waals surface area (Å²) >= 11 is 0. The Morgan fingerprint density at radius 1 is 1.04 bits per heavy atom. The van der Waals surface area contributed by atoms with Gasteiger partial charge in [-0.3, -0.25) is 0 Å². The van der Waals surface area contributed by atoms with Crippen LogP contribution in [0, 0.1) is 5.82 Å². The molecule has 0 saturated carbocycles. The van der Waals surface area contributed by atoms with Gasteiger partial charge in [-0.25, -0.2) is 14.4 Å². The second kappa shape index (κ2) is 7.76. The van der Waals surface area contributed by atoms with Crippen molar-refractivity contribution < 1.29 is 13.9 Å². The minimum absolute atomic E-state index is 0.319. The van der Waals surface area contributed by atoms with E-state index in [-0.39, 0.29) is 0 Å². The van der Waals surface area contributed by atoms with Gasteiger partial charge in [0.15, 0.2) is 0 Å². The highest BCUT2D eigenvalue weighted by Crippen LogP contribution is 2.29. The van der Waals surface area contributed by atoms with Crippen molar-refractivity contribution >= 4 is 28.1 Å². The van der Waals surface area contributed by atoms with E-state index in [1.807, 2.05) is 31.3 Å². The Hall–Kier alpha value is -2.93. The van der Waals surface area contributed by atoms with Crippen LogP contribution in [-0.2, 0) is 4.74 Å². The third-order valence-corrected chi connectivity index (χ3v) is 3.66. The average molecular weight is 342 g/mol. The number of rotatable bonds is 7. The molecule has 2 aromatic carbocycles. The van der Waals surface area contributed by atoms with Crippen LogP contribution in [-0.4, -0.2) is 37.3 Å². The number of anilines is 3. The highest BCUT2D eigenvalue weighted by molar-refractivity contribution is 5.92. The summed E-state index contributed by atoms with van der Waals surface area (Å²) < 4.78 is 25.0. The molecule has 2 N–H and O–H groups in total. The van der Waals surface area contributed by atoms with E-state index in [9.17, 15) is 4.39 Å². The van der Waals surface area contributed by atoms with E-state index in [0.29, 0.717) is 35.7 Å². The number of hydrogen-bond acceptors (Lipinski definition) is 6. The minimum Gasteiger partial charge on any atom is -0.491 e. The van der Waals surface area contributed by atoms with Gasteiger partial charge in [0.05, 0.1) is 17.5 Å². The maximum Gasteiger partial charge on any atom is 0.144 e. The monoisotopic (exact) mass is 342 g/mol. The molecule has 0 atom stereocenters. The molecule has 0 bridgehead atoms. The molecule has 0 radical (unpaired) electrons. The van der Waals surface area contributed by atoms with Crippen LogP contribution in [0.25, 0.3) is 10.9 Å². The zero-order valence-electron chi connectivity index (χ0n) is 14.0.